The van der Waals surface area contributed by atoms with Gasteiger partial charge < -0.3 is 10.2 Å². The third kappa shape index (κ3) is 5.55. The molecular formula is C13H22O2. The fraction of sp³-hybridized carbons (Fsp3) is 0.538. The first-order valence-electron chi connectivity index (χ1n) is 5.51. The molecule has 0 saturated carbocycles. The van der Waals surface area contributed by atoms with E-state index in [9.17, 15) is 5.11 Å². The van der Waals surface area contributed by atoms with Crippen LogP contribution in [0.1, 0.15) is 38.9 Å². The van der Waals surface area contributed by atoms with E-state index in [1.54, 1.807) is 0 Å². The lowest BCUT2D eigenvalue weighted by Gasteiger charge is -2.16. The van der Waals surface area contributed by atoms with Crippen molar-refractivity contribution in [2.24, 2.45) is 5.92 Å². The minimum Gasteiger partial charge on any atom is -0.396 e. The Bertz CT molecular complexity index is 234. The molecule has 0 spiro atoms. The van der Waals surface area contributed by atoms with Crippen LogP contribution in [0.2, 0.25) is 0 Å². The highest BCUT2D eigenvalue weighted by molar-refractivity contribution is 5.17. The summed E-state index contributed by atoms with van der Waals surface area (Å²) >= 11 is 0. The van der Waals surface area contributed by atoms with Crippen LogP contribution in [0, 0.1) is 5.92 Å². The summed E-state index contributed by atoms with van der Waals surface area (Å²) in [5.41, 5.74) is 0.860. The normalized spacial score (nSPS) is 13.7. The summed E-state index contributed by atoms with van der Waals surface area (Å²) in [5, 5.41) is 18.4. The molecule has 2 nitrogen and oxygen atoms in total. The zero-order chi connectivity index (χ0) is 11.7. The van der Waals surface area contributed by atoms with E-state index in [1.807, 2.05) is 37.3 Å². The average Bonchev–Trinajstić information content (AvgIpc) is 2.29. The predicted molar refractivity (Wildman–Crippen MR) is 63.6 cm³/mol. The molecular weight excluding hydrogens is 188 g/mol. The van der Waals surface area contributed by atoms with Gasteiger partial charge in [0.1, 0.15) is 0 Å². The zero-order valence-corrected chi connectivity index (χ0v) is 9.85. The van der Waals surface area contributed by atoms with E-state index in [1.165, 1.54) is 6.42 Å². The minimum absolute atomic E-state index is 0.00998. The molecule has 0 aliphatic rings. The first-order valence-corrected chi connectivity index (χ1v) is 5.51. The van der Waals surface area contributed by atoms with Gasteiger partial charge in [-0.3, -0.25) is 0 Å². The number of hydrogen-bond donors (Lipinski definition) is 2. The van der Waals surface area contributed by atoms with Crippen LogP contribution in [-0.4, -0.2) is 16.8 Å². The van der Waals surface area contributed by atoms with Crippen molar-refractivity contribution in [3.8, 4) is 0 Å². The van der Waals surface area contributed by atoms with Crippen molar-refractivity contribution in [2.75, 3.05) is 6.61 Å². The molecule has 86 valence electrons. The quantitative estimate of drug-likeness (QED) is 0.805. The Labute approximate surface area is 92.6 Å². The molecule has 0 aromatic heterocycles. The van der Waals surface area contributed by atoms with Crippen LogP contribution in [0.4, 0.5) is 0 Å². The average molecular weight is 210 g/mol. The van der Waals surface area contributed by atoms with Crippen LogP contribution in [0.25, 0.3) is 0 Å². The Morgan fingerprint density at radius 3 is 2.00 bits per heavy atom. The van der Waals surface area contributed by atoms with Crippen LogP contribution < -0.4 is 0 Å². The molecule has 0 saturated heterocycles. The Morgan fingerprint density at radius 1 is 1.13 bits per heavy atom. The van der Waals surface area contributed by atoms with E-state index in [-0.39, 0.29) is 12.5 Å². The van der Waals surface area contributed by atoms with Gasteiger partial charge in [0, 0.05) is 12.5 Å². The third-order valence-corrected chi connectivity index (χ3v) is 1.97. The monoisotopic (exact) mass is 210 g/mol. The van der Waals surface area contributed by atoms with Crippen LogP contribution in [0.5, 0.6) is 0 Å². The summed E-state index contributed by atoms with van der Waals surface area (Å²) in [6.07, 6.45) is 0.691. The standard InChI is InChI=1S/C10H14O2.C3H8/c1-8(7-11)10(12)9-5-3-2-4-6-9;1-3-2/h2-6,8,10-12H,7H2,1H3;3H2,1-2H3/t8-,10+;/m0./s1. The maximum Gasteiger partial charge on any atom is 0.0837 e. The highest BCUT2D eigenvalue weighted by Crippen LogP contribution is 2.20. The summed E-state index contributed by atoms with van der Waals surface area (Å²) in [6, 6.07) is 9.37. The SMILES string of the molecule is CCC.C[C@@H](CO)[C@@H](O)c1ccccc1. The van der Waals surface area contributed by atoms with Crippen molar-refractivity contribution in [3.05, 3.63) is 35.9 Å². The van der Waals surface area contributed by atoms with Crippen molar-refractivity contribution >= 4 is 0 Å². The summed E-state index contributed by atoms with van der Waals surface area (Å²) in [6.45, 7) is 6.08. The molecule has 0 heterocycles. The first-order chi connectivity index (χ1) is 7.17. The van der Waals surface area contributed by atoms with Gasteiger partial charge in [-0.25, -0.2) is 0 Å². The van der Waals surface area contributed by atoms with Gasteiger partial charge in [-0.15, -0.1) is 0 Å². The van der Waals surface area contributed by atoms with E-state index in [0.717, 1.165) is 5.56 Å². The van der Waals surface area contributed by atoms with Crippen molar-refractivity contribution < 1.29 is 10.2 Å². The van der Waals surface area contributed by atoms with Gasteiger partial charge in [-0.05, 0) is 5.56 Å². The Morgan fingerprint density at radius 2 is 1.60 bits per heavy atom. The van der Waals surface area contributed by atoms with Crippen LogP contribution in [0.3, 0.4) is 0 Å². The van der Waals surface area contributed by atoms with Crippen molar-refractivity contribution in [3.63, 3.8) is 0 Å². The third-order valence-electron chi connectivity index (χ3n) is 1.97. The number of benzene rings is 1. The molecule has 0 fully saturated rings. The second kappa shape index (κ2) is 8.45. The van der Waals surface area contributed by atoms with Crippen molar-refractivity contribution in [1.29, 1.82) is 0 Å². The van der Waals surface area contributed by atoms with Gasteiger partial charge in [0.05, 0.1) is 6.10 Å². The summed E-state index contributed by atoms with van der Waals surface area (Å²) in [5.74, 6) is -0.104. The molecule has 2 atom stereocenters. The number of rotatable bonds is 3. The molecule has 0 amide bonds. The maximum absolute atomic E-state index is 9.63. The van der Waals surface area contributed by atoms with E-state index < -0.39 is 6.10 Å². The molecule has 2 N–H and O–H groups in total. The molecule has 1 rings (SSSR count). The summed E-state index contributed by atoms with van der Waals surface area (Å²) in [7, 11) is 0. The van der Waals surface area contributed by atoms with Gasteiger partial charge in [0.2, 0.25) is 0 Å². The lowest BCUT2D eigenvalue weighted by atomic mass is 9.98. The highest BCUT2D eigenvalue weighted by atomic mass is 16.3. The lowest BCUT2D eigenvalue weighted by molar-refractivity contribution is 0.0770. The van der Waals surface area contributed by atoms with Gasteiger partial charge in [-0.1, -0.05) is 57.5 Å². The Balaban J connectivity index is 0.000000583. The maximum atomic E-state index is 9.63. The highest BCUT2D eigenvalue weighted by Gasteiger charge is 2.14. The number of aliphatic hydroxyl groups is 2. The predicted octanol–water partition coefficient (Wildman–Crippen LogP) is 2.76. The molecule has 0 radical (unpaired) electrons. The number of aliphatic hydroxyl groups excluding tert-OH is 2. The lowest BCUT2D eigenvalue weighted by Crippen LogP contribution is -2.12. The summed E-state index contributed by atoms with van der Waals surface area (Å²) < 4.78 is 0. The Hall–Kier alpha value is -0.860. The van der Waals surface area contributed by atoms with E-state index >= 15 is 0 Å². The van der Waals surface area contributed by atoms with E-state index in [2.05, 4.69) is 13.8 Å². The molecule has 0 aliphatic carbocycles. The number of hydrogen-bond acceptors (Lipinski definition) is 2. The molecule has 15 heavy (non-hydrogen) atoms. The minimum atomic E-state index is -0.559. The van der Waals surface area contributed by atoms with Crippen molar-refractivity contribution in [2.45, 2.75) is 33.3 Å². The molecule has 2 heteroatoms. The van der Waals surface area contributed by atoms with Crippen LogP contribution in [0.15, 0.2) is 30.3 Å². The molecule has 0 aliphatic heterocycles. The molecule has 1 aromatic rings. The van der Waals surface area contributed by atoms with Gasteiger partial charge >= 0.3 is 0 Å². The second-order valence-electron chi connectivity index (χ2n) is 3.72. The molecule has 0 unspecified atom stereocenters. The first kappa shape index (κ1) is 14.1. The largest absolute Gasteiger partial charge is 0.396 e. The zero-order valence-electron chi connectivity index (χ0n) is 9.85. The van der Waals surface area contributed by atoms with Crippen molar-refractivity contribution in [1.82, 2.24) is 0 Å². The smallest absolute Gasteiger partial charge is 0.0837 e. The van der Waals surface area contributed by atoms with Gasteiger partial charge in [0.25, 0.3) is 0 Å². The van der Waals surface area contributed by atoms with E-state index in [0.29, 0.717) is 0 Å². The fourth-order valence-electron chi connectivity index (χ4n) is 1.08. The molecule has 1 aromatic carbocycles. The van der Waals surface area contributed by atoms with Crippen LogP contribution >= 0.6 is 0 Å². The van der Waals surface area contributed by atoms with E-state index in [4.69, 9.17) is 5.11 Å². The van der Waals surface area contributed by atoms with Gasteiger partial charge in [0.15, 0.2) is 0 Å². The summed E-state index contributed by atoms with van der Waals surface area (Å²) in [4.78, 5) is 0. The Kier molecular flexibility index (Phi) is 7.96. The fourth-order valence-corrected chi connectivity index (χ4v) is 1.08. The topological polar surface area (TPSA) is 40.5 Å². The van der Waals surface area contributed by atoms with Crippen LogP contribution in [-0.2, 0) is 0 Å². The van der Waals surface area contributed by atoms with Gasteiger partial charge in [-0.2, -0.15) is 0 Å². The molecule has 0 bridgehead atoms. The second-order valence-corrected chi connectivity index (χ2v) is 3.72.